The minimum absolute atomic E-state index is 0.0619. The van der Waals surface area contributed by atoms with Gasteiger partial charge in [0, 0.05) is 12.1 Å². The van der Waals surface area contributed by atoms with E-state index in [0.29, 0.717) is 34.8 Å². The van der Waals surface area contributed by atoms with E-state index >= 15 is 0 Å². The van der Waals surface area contributed by atoms with Gasteiger partial charge in [-0.05, 0) is 48.4 Å². The average Bonchev–Trinajstić information content (AvgIpc) is 3.19. The lowest BCUT2D eigenvalue weighted by Crippen LogP contribution is -2.28. The van der Waals surface area contributed by atoms with Gasteiger partial charge in [-0.3, -0.25) is 9.36 Å². The van der Waals surface area contributed by atoms with Crippen LogP contribution in [0.1, 0.15) is 19.4 Å². The summed E-state index contributed by atoms with van der Waals surface area (Å²) in [5.41, 5.74) is 0.113. The number of hydrogen-bond acceptors (Lipinski definition) is 5. The number of carbonyl (C=O) groups excluding carboxylic acids is 1. The van der Waals surface area contributed by atoms with Crippen LogP contribution in [-0.2, 0) is 11.0 Å². The lowest BCUT2D eigenvalue weighted by molar-refractivity contribution is -0.137. The summed E-state index contributed by atoms with van der Waals surface area (Å²) in [5.74, 6) is 1.17. The molecule has 1 heterocycles. The molecule has 0 saturated heterocycles. The number of alkyl halides is 3. The third-order valence-corrected chi connectivity index (χ3v) is 5.38. The zero-order chi connectivity index (χ0) is 23.3. The molecule has 0 radical (unpaired) electrons. The van der Waals surface area contributed by atoms with E-state index in [2.05, 4.69) is 15.5 Å². The number of aromatic nitrogens is 3. The lowest BCUT2D eigenvalue weighted by atomic mass is 10.1. The fourth-order valence-corrected chi connectivity index (χ4v) is 3.63. The summed E-state index contributed by atoms with van der Waals surface area (Å²) in [7, 11) is 1.54. The number of nitrogens with zero attached hydrogens (tertiary/aromatic N) is 3. The van der Waals surface area contributed by atoms with Gasteiger partial charge in [-0.2, -0.15) is 13.2 Å². The molecule has 0 aliphatic heterocycles. The molecule has 3 rings (SSSR count). The van der Waals surface area contributed by atoms with Crippen molar-refractivity contribution in [2.24, 2.45) is 5.92 Å². The third kappa shape index (κ3) is 5.82. The molecule has 0 aliphatic rings. The van der Waals surface area contributed by atoms with Crippen molar-refractivity contribution in [3.8, 4) is 22.8 Å². The van der Waals surface area contributed by atoms with Crippen molar-refractivity contribution in [1.29, 1.82) is 0 Å². The molecule has 10 heteroatoms. The number of hydrogen-bond donors (Lipinski definition) is 1. The maximum absolute atomic E-state index is 13.3. The highest BCUT2D eigenvalue weighted by atomic mass is 32.2. The smallest absolute Gasteiger partial charge is 0.416 e. The Balaban J connectivity index is 1.99. The van der Waals surface area contributed by atoms with Crippen LogP contribution < -0.4 is 10.1 Å². The fourth-order valence-electron chi connectivity index (χ4n) is 2.84. The quantitative estimate of drug-likeness (QED) is 0.484. The standard InChI is InChI=1S/C22H23F3N4O2S/c1-14(2)12-26-19(30)13-32-21-28-27-20(15-7-9-18(31-3)10-8-15)29(21)17-6-4-5-16(11-17)22(23,24)25/h4-11,14H,12-13H2,1-3H3,(H,26,30). The Hall–Kier alpha value is -3.01. The molecule has 32 heavy (non-hydrogen) atoms. The molecule has 1 amide bonds. The van der Waals surface area contributed by atoms with Crippen LogP contribution in [-0.4, -0.2) is 40.1 Å². The highest BCUT2D eigenvalue weighted by Crippen LogP contribution is 2.33. The first-order valence-corrected chi connectivity index (χ1v) is 10.8. The molecule has 0 atom stereocenters. The monoisotopic (exact) mass is 464 g/mol. The zero-order valence-electron chi connectivity index (χ0n) is 17.8. The van der Waals surface area contributed by atoms with Gasteiger partial charge >= 0.3 is 6.18 Å². The van der Waals surface area contributed by atoms with E-state index in [0.717, 1.165) is 23.9 Å². The van der Waals surface area contributed by atoms with Crippen molar-refractivity contribution in [2.75, 3.05) is 19.4 Å². The number of thioether (sulfide) groups is 1. The van der Waals surface area contributed by atoms with Crippen molar-refractivity contribution in [3.05, 3.63) is 54.1 Å². The summed E-state index contributed by atoms with van der Waals surface area (Å²) in [6, 6.07) is 11.9. The second-order valence-corrected chi connectivity index (χ2v) is 8.35. The van der Waals surface area contributed by atoms with Gasteiger partial charge in [0.2, 0.25) is 5.91 Å². The SMILES string of the molecule is COc1ccc(-c2nnc(SCC(=O)NCC(C)C)n2-c2cccc(C(F)(F)F)c2)cc1. The number of rotatable bonds is 8. The van der Waals surface area contributed by atoms with Gasteiger partial charge < -0.3 is 10.1 Å². The highest BCUT2D eigenvalue weighted by Gasteiger charge is 2.31. The maximum Gasteiger partial charge on any atom is 0.416 e. The molecule has 0 bridgehead atoms. The molecular formula is C22H23F3N4O2S. The fraction of sp³-hybridized carbons (Fsp3) is 0.318. The van der Waals surface area contributed by atoms with Crippen molar-refractivity contribution in [3.63, 3.8) is 0 Å². The van der Waals surface area contributed by atoms with Crippen LogP contribution in [0.3, 0.4) is 0 Å². The van der Waals surface area contributed by atoms with Gasteiger partial charge in [0.15, 0.2) is 11.0 Å². The summed E-state index contributed by atoms with van der Waals surface area (Å²) < 4.78 is 46.6. The molecule has 6 nitrogen and oxygen atoms in total. The van der Waals surface area contributed by atoms with Gasteiger partial charge in [-0.15, -0.1) is 10.2 Å². The van der Waals surface area contributed by atoms with Crippen LogP contribution in [0, 0.1) is 5.92 Å². The molecule has 1 N–H and O–H groups in total. The van der Waals surface area contributed by atoms with Gasteiger partial charge in [-0.25, -0.2) is 0 Å². The average molecular weight is 465 g/mol. The molecular weight excluding hydrogens is 441 g/mol. The van der Waals surface area contributed by atoms with Gasteiger partial charge in [0.05, 0.1) is 24.1 Å². The second kappa shape index (κ2) is 10.1. The Morgan fingerprint density at radius 2 is 1.88 bits per heavy atom. The third-order valence-electron chi connectivity index (χ3n) is 4.45. The van der Waals surface area contributed by atoms with Crippen LogP contribution in [0.25, 0.3) is 17.1 Å². The molecule has 0 aliphatic carbocycles. The van der Waals surface area contributed by atoms with Crippen LogP contribution in [0.5, 0.6) is 5.75 Å². The zero-order valence-corrected chi connectivity index (χ0v) is 18.6. The predicted octanol–water partition coefficient (Wildman–Crippen LogP) is 4.83. The van der Waals surface area contributed by atoms with Gasteiger partial charge in [0.25, 0.3) is 0 Å². The van der Waals surface area contributed by atoms with E-state index in [1.54, 1.807) is 37.4 Å². The summed E-state index contributed by atoms with van der Waals surface area (Å²) in [6.07, 6.45) is -4.49. The summed E-state index contributed by atoms with van der Waals surface area (Å²) >= 11 is 1.11. The van der Waals surface area contributed by atoms with Crippen molar-refractivity contribution in [1.82, 2.24) is 20.1 Å². The lowest BCUT2D eigenvalue weighted by Gasteiger charge is -2.13. The molecule has 0 fully saturated rings. The van der Waals surface area contributed by atoms with Gasteiger partial charge in [-0.1, -0.05) is 31.7 Å². The number of methoxy groups -OCH3 is 1. The second-order valence-electron chi connectivity index (χ2n) is 7.40. The van der Waals surface area contributed by atoms with E-state index < -0.39 is 11.7 Å². The molecule has 2 aromatic carbocycles. The van der Waals surface area contributed by atoms with Crippen molar-refractivity contribution >= 4 is 17.7 Å². The number of amides is 1. The van der Waals surface area contributed by atoms with E-state index in [9.17, 15) is 18.0 Å². The minimum Gasteiger partial charge on any atom is -0.497 e. The number of halogens is 3. The van der Waals surface area contributed by atoms with Crippen LogP contribution in [0.15, 0.2) is 53.7 Å². The summed E-state index contributed by atoms with van der Waals surface area (Å²) in [6.45, 7) is 4.51. The summed E-state index contributed by atoms with van der Waals surface area (Å²) in [4.78, 5) is 12.1. The van der Waals surface area contributed by atoms with Crippen molar-refractivity contribution in [2.45, 2.75) is 25.2 Å². The first kappa shape index (κ1) is 23.6. The maximum atomic E-state index is 13.3. The van der Waals surface area contributed by atoms with E-state index in [1.807, 2.05) is 13.8 Å². The number of carbonyl (C=O) groups is 1. The summed E-state index contributed by atoms with van der Waals surface area (Å²) in [5, 5.41) is 11.5. The van der Waals surface area contributed by atoms with Gasteiger partial charge in [0.1, 0.15) is 5.75 Å². The van der Waals surface area contributed by atoms with E-state index in [1.165, 1.54) is 10.6 Å². The van der Waals surface area contributed by atoms with E-state index in [4.69, 9.17) is 4.74 Å². The molecule has 1 aromatic heterocycles. The Kier molecular flexibility index (Phi) is 7.44. The Labute approximate surface area is 188 Å². The molecule has 0 spiro atoms. The molecule has 3 aromatic rings. The van der Waals surface area contributed by atoms with Crippen molar-refractivity contribution < 1.29 is 22.7 Å². The topological polar surface area (TPSA) is 69.0 Å². The Bertz CT molecular complexity index is 1070. The van der Waals surface area contributed by atoms with E-state index in [-0.39, 0.29) is 17.3 Å². The van der Waals surface area contributed by atoms with Crippen LogP contribution in [0.4, 0.5) is 13.2 Å². The largest absolute Gasteiger partial charge is 0.497 e. The minimum atomic E-state index is -4.49. The highest BCUT2D eigenvalue weighted by molar-refractivity contribution is 7.99. The Morgan fingerprint density at radius 1 is 1.16 bits per heavy atom. The normalized spacial score (nSPS) is 11.6. The first-order valence-electron chi connectivity index (χ1n) is 9.86. The predicted molar refractivity (Wildman–Crippen MR) is 117 cm³/mol. The molecule has 0 saturated carbocycles. The molecule has 170 valence electrons. The van der Waals surface area contributed by atoms with Crippen LogP contribution >= 0.6 is 11.8 Å². The number of nitrogens with one attached hydrogen (secondary N) is 1. The first-order chi connectivity index (χ1) is 15.2. The Morgan fingerprint density at radius 3 is 2.50 bits per heavy atom. The number of benzene rings is 2. The number of ether oxygens (including phenoxy) is 1. The van der Waals surface area contributed by atoms with Crippen LogP contribution in [0.2, 0.25) is 0 Å². The molecule has 0 unspecified atom stereocenters.